The van der Waals surface area contributed by atoms with Gasteiger partial charge in [-0.3, -0.25) is 0 Å². The third-order valence-electron chi connectivity index (χ3n) is 4.85. The smallest absolute Gasteiger partial charge is 0.180 e. The van der Waals surface area contributed by atoms with E-state index in [2.05, 4.69) is 9.88 Å². The summed E-state index contributed by atoms with van der Waals surface area (Å²) >= 11 is 1.49. The van der Waals surface area contributed by atoms with Crippen LogP contribution in [0.15, 0.2) is 5.38 Å². The fourth-order valence-electron chi connectivity index (χ4n) is 3.62. The maximum atomic E-state index is 6.00. The van der Waals surface area contributed by atoms with Crippen LogP contribution < -0.4 is 5.73 Å². The average molecular weight is 309 g/mol. The zero-order chi connectivity index (χ0) is 14.5. The number of rotatable bonds is 4. The highest BCUT2D eigenvalue weighted by molar-refractivity contribution is 7.13. The Morgan fingerprint density at radius 3 is 2.48 bits per heavy atom. The quantitative estimate of drug-likeness (QED) is 0.866. The number of hydrogen-bond acceptors (Lipinski definition) is 5. The number of piperidine rings is 1. The van der Waals surface area contributed by atoms with E-state index in [1.54, 1.807) is 0 Å². The summed E-state index contributed by atoms with van der Waals surface area (Å²) in [6.07, 6.45) is 11.3. The summed E-state index contributed by atoms with van der Waals surface area (Å²) in [6, 6.07) is 0.840. The largest absolute Gasteiger partial charge is 0.375 e. The second-order valence-electron chi connectivity index (χ2n) is 6.37. The monoisotopic (exact) mass is 309 g/mol. The number of thiazole rings is 1. The molecule has 2 aliphatic rings. The van der Waals surface area contributed by atoms with Gasteiger partial charge in [0.05, 0.1) is 18.4 Å². The topological polar surface area (TPSA) is 51.4 Å². The van der Waals surface area contributed by atoms with E-state index >= 15 is 0 Å². The van der Waals surface area contributed by atoms with Gasteiger partial charge >= 0.3 is 0 Å². The van der Waals surface area contributed by atoms with Gasteiger partial charge in [-0.2, -0.15) is 0 Å². The number of nitrogens with two attached hydrogens (primary N) is 1. The molecule has 0 radical (unpaired) electrons. The molecule has 0 atom stereocenters. The van der Waals surface area contributed by atoms with Crippen molar-refractivity contribution in [3.63, 3.8) is 0 Å². The molecule has 21 heavy (non-hydrogen) atoms. The van der Waals surface area contributed by atoms with Crippen LogP contribution in [-0.4, -0.2) is 35.1 Å². The number of nitrogen functional groups attached to an aromatic ring is 1. The number of nitrogens with zero attached hydrogens (tertiary/aromatic N) is 2. The van der Waals surface area contributed by atoms with E-state index in [1.807, 2.05) is 5.38 Å². The summed E-state index contributed by atoms with van der Waals surface area (Å²) in [5.41, 5.74) is 6.62. The summed E-state index contributed by atoms with van der Waals surface area (Å²) in [7, 11) is 0. The molecular weight excluding hydrogens is 282 g/mol. The predicted molar refractivity (Wildman–Crippen MR) is 87.4 cm³/mol. The lowest BCUT2D eigenvalue weighted by Crippen LogP contribution is -2.43. The second kappa shape index (κ2) is 7.56. The van der Waals surface area contributed by atoms with Gasteiger partial charge < -0.3 is 15.4 Å². The van der Waals surface area contributed by atoms with Gasteiger partial charge in [0.25, 0.3) is 0 Å². The highest BCUT2D eigenvalue weighted by atomic mass is 32.1. The molecule has 2 heterocycles. The Morgan fingerprint density at radius 1 is 1.14 bits per heavy atom. The minimum atomic E-state index is 0.398. The first-order chi connectivity index (χ1) is 10.3. The lowest BCUT2D eigenvalue weighted by Gasteiger charge is -2.37. The van der Waals surface area contributed by atoms with Gasteiger partial charge in [-0.25, -0.2) is 4.98 Å². The van der Waals surface area contributed by atoms with Crippen LogP contribution in [0.2, 0.25) is 0 Å². The Kier molecular flexibility index (Phi) is 5.49. The van der Waals surface area contributed by atoms with Crippen molar-refractivity contribution in [3.8, 4) is 0 Å². The van der Waals surface area contributed by atoms with Crippen molar-refractivity contribution in [1.82, 2.24) is 9.88 Å². The zero-order valence-corrected chi connectivity index (χ0v) is 13.6. The first-order valence-corrected chi connectivity index (χ1v) is 9.25. The Balaban J connectivity index is 1.40. The van der Waals surface area contributed by atoms with Gasteiger partial charge in [0.1, 0.15) is 0 Å². The number of aromatic nitrogens is 1. The van der Waals surface area contributed by atoms with E-state index in [0.717, 1.165) is 24.6 Å². The van der Waals surface area contributed by atoms with Crippen LogP contribution in [0.1, 0.15) is 57.1 Å². The molecule has 0 amide bonds. The summed E-state index contributed by atoms with van der Waals surface area (Å²) in [5.74, 6) is 0. The van der Waals surface area contributed by atoms with Crippen LogP contribution in [0.4, 0.5) is 5.13 Å². The fourth-order valence-corrected chi connectivity index (χ4v) is 4.17. The number of anilines is 1. The van der Waals surface area contributed by atoms with Gasteiger partial charge in [-0.05, 0) is 25.7 Å². The molecule has 2 N–H and O–H groups in total. The molecule has 2 fully saturated rings. The number of ether oxygens (including phenoxy) is 1. The third kappa shape index (κ3) is 4.41. The van der Waals surface area contributed by atoms with Crippen LogP contribution >= 0.6 is 11.3 Å². The minimum Gasteiger partial charge on any atom is -0.375 e. The Morgan fingerprint density at radius 2 is 1.86 bits per heavy atom. The van der Waals surface area contributed by atoms with Crippen LogP contribution in [0.3, 0.4) is 0 Å². The van der Waals surface area contributed by atoms with E-state index in [1.165, 1.54) is 63.0 Å². The van der Waals surface area contributed by atoms with Crippen molar-refractivity contribution in [2.45, 2.75) is 70.1 Å². The third-order valence-corrected chi connectivity index (χ3v) is 5.58. The molecular formula is C16H27N3OS. The van der Waals surface area contributed by atoms with E-state index in [4.69, 9.17) is 10.5 Å². The predicted octanol–water partition coefficient (Wildman–Crippen LogP) is 3.43. The molecule has 0 spiro atoms. The molecule has 1 saturated heterocycles. The maximum Gasteiger partial charge on any atom is 0.180 e. The van der Waals surface area contributed by atoms with Gasteiger partial charge in [0, 0.05) is 24.5 Å². The van der Waals surface area contributed by atoms with Gasteiger partial charge in [-0.1, -0.05) is 25.7 Å². The van der Waals surface area contributed by atoms with Crippen LogP contribution in [0.25, 0.3) is 0 Å². The molecule has 1 aliphatic carbocycles. The van der Waals surface area contributed by atoms with Crippen LogP contribution in [0, 0.1) is 0 Å². The van der Waals surface area contributed by atoms with Crippen LogP contribution in [0.5, 0.6) is 0 Å². The summed E-state index contributed by atoms with van der Waals surface area (Å²) in [5, 5.41) is 2.63. The lowest BCUT2D eigenvalue weighted by atomic mass is 10.0. The second-order valence-corrected chi connectivity index (χ2v) is 7.26. The normalized spacial score (nSPS) is 23.2. The molecule has 1 saturated carbocycles. The standard InChI is InChI=1S/C16H27N3OS/c17-16-18-13(12-21-16)11-20-15-7-9-19(10-8-15)14-5-3-1-2-4-6-14/h12,14-15H,1-11H2,(H2,17,18). The molecule has 1 aliphatic heterocycles. The van der Waals surface area contributed by atoms with Gasteiger partial charge in [-0.15, -0.1) is 11.3 Å². The van der Waals surface area contributed by atoms with E-state index in [-0.39, 0.29) is 0 Å². The van der Waals surface area contributed by atoms with Gasteiger partial charge in [0.15, 0.2) is 5.13 Å². The number of hydrogen-bond donors (Lipinski definition) is 1. The highest BCUT2D eigenvalue weighted by Crippen LogP contribution is 2.25. The SMILES string of the molecule is Nc1nc(COC2CCN(C3CCCCCC3)CC2)cs1. The molecule has 0 unspecified atom stereocenters. The molecule has 1 aromatic rings. The van der Waals surface area contributed by atoms with Crippen LogP contribution in [-0.2, 0) is 11.3 Å². The van der Waals surface area contributed by atoms with Crippen molar-refractivity contribution < 1.29 is 4.74 Å². The molecule has 0 bridgehead atoms. The average Bonchev–Trinajstić information content (AvgIpc) is 2.76. The lowest BCUT2D eigenvalue weighted by molar-refractivity contribution is -0.0134. The molecule has 4 nitrogen and oxygen atoms in total. The van der Waals surface area contributed by atoms with Crippen molar-refractivity contribution in [2.75, 3.05) is 18.8 Å². The molecule has 0 aromatic carbocycles. The van der Waals surface area contributed by atoms with Gasteiger partial charge in [0.2, 0.25) is 0 Å². The zero-order valence-electron chi connectivity index (χ0n) is 12.8. The van der Waals surface area contributed by atoms with Crippen molar-refractivity contribution in [1.29, 1.82) is 0 Å². The van der Waals surface area contributed by atoms with Crippen molar-refractivity contribution in [3.05, 3.63) is 11.1 Å². The fraction of sp³-hybridized carbons (Fsp3) is 0.812. The van der Waals surface area contributed by atoms with Crippen molar-refractivity contribution in [2.24, 2.45) is 0 Å². The van der Waals surface area contributed by atoms with E-state index < -0.39 is 0 Å². The van der Waals surface area contributed by atoms with E-state index in [0.29, 0.717) is 17.8 Å². The summed E-state index contributed by atoms with van der Waals surface area (Å²) in [4.78, 5) is 6.97. The maximum absolute atomic E-state index is 6.00. The highest BCUT2D eigenvalue weighted by Gasteiger charge is 2.25. The Bertz CT molecular complexity index is 421. The summed E-state index contributed by atoms with van der Waals surface area (Å²) in [6.45, 7) is 3.02. The summed E-state index contributed by atoms with van der Waals surface area (Å²) < 4.78 is 6.00. The van der Waals surface area contributed by atoms with E-state index in [9.17, 15) is 0 Å². The molecule has 118 valence electrons. The number of likely N-dealkylation sites (tertiary alicyclic amines) is 1. The Labute approximate surface area is 131 Å². The first kappa shape index (κ1) is 15.3. The molecule has 5 heteroatoms. The van der Waals surface area contributed by atoms with Crippen molar-refractivity contribution >= 4 is 16.5 Å². The first-order valence-electron chi connectivity index (χ1n) is 8.37. The molecule has 1 aromatic heterocycles. The Hall–Kier alpha value is -0.650. The molecule has 3 rings (SSSR count). The minimum absolute atomic E-state index is 0.398.